The van der Waals surface area contributed by atoms with Crippen LogP contribution in [-0.4, -0.2) is 5.25 Å². The van der Waals surface area contributed by atoms with Gasteiger partial charge in [0.15, 0.2) is 0 Å². The third-order valence-corrected chi connectivity index (χ3v) is 3.63. The van der Waals surface area contributed by atoms with E-state index in [1.807, 2.05) is 36.4 Å². The molecule has 0 saturated carbocycles. The van der Waals surface area contributed by atoms with Crippen LogP contribution in [0.3, 0.4) is 0 Å². The van der Waals surface area contributed by atoms with Gasteiger partial charge < -0.3 is 4.18 Å². The lowest BCUT2D eigenvalue weighted by Crippen LogP contribution is -2.28. The van der Waals surface area contributed by atoms with E-state index in [0.717, 1.165) is 16.0 Å². The lowest BCUT2D eigenvalue weighted by molar-refractivity contribution is 0.634. The highest BCUT2D eigenvalue weighted by atomic mass is 32.2. The second-order valence-corrected chi connectivity index (χ2v) is 4.74. The summed E-state index contributed by atoms with van der Waals surface area (Å²) in [6, 6.07) is 10.3. The molecule has 1 atom stereocenters. The van der Waals surface area contributed by atoms with Crippen LogP contribution >= 0.6 is 12.0 Å². The number of rotatable bonds is 0. The minimum Gasteiger partial charge on any atom is -0.432 e. The van der Waals surface area contributed by atoms with Crippen LogP contribution in [0.2, 0.25) is 0 Å². The maximum absolute atomic E-state index is 8.97. The fourth-order valence-corrected chi connectivity index (χ4v) is 2.70. The minimum atomic E-state index is 0.159. The number of nitrogens with zero attached hydrogens (tertiary/aromatic N) is 1. The van der Waals surface area contributed by atoms with Crippen LogP contribution in [0.1, 0.15) is 0 Å². The summed E-state index contributed by atoms with van der Waals surface area (Å²) >= 11 is 1.40. The van der Waals surface area contributed by atoms with Crippen molar-refractivity contribution < 1.29 is 4.18 Å². The Kier molecular flexibility index (Phi) is 2.50. The average molecular weight is 239 g/mol. The van der Waals surface area contributed by atoms with Gasteiger partial charge in [0, 0.05) is 5.22 Å². The molecule has 3 rings (SSSR count). The quantitative estimate of drug-likeness (QED) is 0.645. The van der Waals surface area contributed by atoms with Gasteiger partial charge in [0.25, 0.3) is 0 Å². The molecule has 0 amide bonds. The van der Waals surface area contributed by atoms with Crippen LogP contribution in [-0.2, 0) is 4.18 Å². The van der Waals surface area contributed by atoms with Gasteiger partial charge in [0.1, 0.15) is 6.26 Å². The van der Waals surface area contributed by atoms with E-state index in [4.69, 9.17) is 9.44 Å². The predicted octanol–water partition coefficient (Wildman–Crippen LogP) is 1.64. The molecule has 0 spiro atoms. The maximum atomic E-state index is 8.97. The van der Waals surface area contributed by atoms with Crippen molar-refractivity contribution in [2.24, 2.45) is 0 Å². The molecule has 82 valence electrons. The molecule has 1 aromatic rings. The molecule has 0 radical (unpaired) electrons. The van der Waals surface area contributed by atoms with Crippen LogP contribution in [0.15, 0.2) is 48.1 Å². The molecule has 1 unspecified atom stereocenters. The fraction of sp³-hybridized carbons (Fsp3) is 0.0714. The summed E-state index contributed by atoms with van der Waals surface area (Å²) in [4.78, 5) is 0. The van der Waals surface area contributed by atoms with Gasteiger partial charge in [-0.25, -0.2) is 0 Å². The monoisotopic (exact) mass is 239 g/mol. The average Bonchev–Trinajstić information content (AvgIpc) is 2.57. The largest absolute Gasteiger partial charge is 0.432 e. The molecule has 3 heteroatoms. The smallest absolute Gasteiger partial charge is 0.109 e. The van der Waals surface area contributed by atoms with Crippen LogP contribution < -0.4 is 10.4 Å². The van der Waals surface area contributed by atoms with Crippen molar-refractivity contribution >= 4 is 23.9 Å². The summed E-state index contributed by atoms with van der Waals surface area (Å²) in [6.07, 6.45) is 7.56. The standard InChI is InChI=1S/C14H9NOS/c15-8-10-5-6-14-13(7-10)12-4-2-1-3-11(12)9-16-17-14/h1-7,9,14H. The molecular weight excluding hydrogens is 230 g/mol. The Balaban J connectivity index is 2.36. The summed E-state index contributed by atoms with van der Waals surface area (Å²) in [7, 11) is 0. The van der Waals surface area contributed by atoms with Crippen molar-refractivity contribution in [1.82, 2.24) is 0 Å². The molecule has 0 aromatic heterocycles. The summed E-state index contributed by atoms with van der Waals surface area (Å²) in [5.74, 6) is 0. The van der Waals surface area contributed by atoms with Crippen molar-refractivity contribution in [2.75, 3.05) is 0 Å². The van der Waals surface area contributed by atoms with Crippen LogP contribution in [0, 0.1) is 11.3 Å². The Morgan fingerprint density at radius 2 is 2.18 bits per heavy atom. The van der Waals surface area contributed by atoms with E-state index in [1.54, 1.807) is 6.26 Å². The van der Waals surface area contributed by atoms with Crippen LogP contribution in [0.4, 0.5) is 0 Å². The third-order valence-electron chi connectivity index (χ3n) is 2.80. The number of hydrogen-bond acceptors (Lipinski definition) is 3. The van der Waals surface area contributed by atoms with Crippen molar-refractivity contribution in [3.63, 3.8) is 0 Å². The second-order valence-electron chi connectivity index (χ2n) is 3.84. The Bertz CT molecular complexity index is 679. The normalized spacial score (nSPS) is 21.0. The number of nitriles is 1. The summed E-state index contributed by atoms with van der Waals surface area (Å²) < 4.78 is 5.47. The third kappa shape index (κ3) is 1.77. The van der Waals surface area contributed by atoms with Gasteiger partial charge >= 0.3 is 0 Å². The van der Waals surface area contributed by atoms with Gasteiger partial charge in [-0.05, 0) is 22.9 Å². The van der Waals surface area contributed by atoms with Gasteiger partial charge in [-0.3, -0.25) is 0 Å². The molecule has 0 fully saturated rings. The lowest BCUT2D eigenvalue weighted by Gasteiger charge is -2.14. The van der Waals surface area contributed by atoms with Gasteiger partial charge in [-0.1, -0.05) is 30.3 Å². The molecule has 0 N–H and O–H groups in total. The highest BCUT2D eigenvalue weighted by molar-refractivity contribution is 7.96. The van der Waals surface area contributed by atoms with Gasteiger partial charge in [0.2, 0.25) is 0 Å². The molecule has 1 aliphatic heterocycles. The molecule has 1 aliphatic carbocycles. The van der Waals surface area contributed by atoms with Crippen molar-refractivity contribution in [3.8, 4) is 6.07 Å². The van der Waals surface area contributed by atoms with Gasteiger partial charge in [0.05, 0.1) is 28.9 Å². The van der Waals surface area contributed by atoms with E-state index in [1.165, 1.54) is 12.0 Å². The Labute approximate surface area is 103 Å². The van der Waals surface area contributed by atoms with Gasteiger partial charge in [-0.2, -0.15) is 5.26 Å². The number of allylic oxidation sites excluding steroid dienone is 3. The predicted molar refractivity (Wildman–Crippen MR) is 68.9 cm³/mol. The van der Waals surface area contributed by atoms with Crippen molar-refractivity contribution in [2.45, 2.75) is 5.25 Å². The molecule has 0 bridgehead atoms. The van der Waals surface area contributed by atoms with Crippen LogP contribution in [0.25, 0.3) is 11.8 Å². The first kappa shape index (κ1) is 10.2. The summed E-state index contributed by atoms with van der Waals surface area (Å²) in [5.41, 5.74) is 1.83. The van der Waals surface area contributed by atoms with Crippen molar-refractivity contribution in [3.05, 3.63) is 58.5 Å². The zero-order valence-corrected chi connectivity index (χ0v) is 9.78. The van der Waals surface area contributed by atoms with E-state index in [9.17, 15) is 0 Å². The summed E-state index contributed by atoms with van der Waals surface area (Å²) in [5, 5.41) is 11.3. The van der Waals surface area contributed by atoms with Crippen molar-refractivity contribution in [1.29, 1.82) is 5.26 Å². The molecular formula is C14H9NOS. The second kappa shape index (κ2) is 4.15. The highest BCUT2D eigenvalue weighted by Crippen LogP contribution is 2.28. The molecule has 2 nitrogen and oxygen atoms in total. The van der Waals surface area contributed by atoms with E-state index >= 15 is 0 Å². The topological polar surface area (TPSA) is 33.0 Å². The first-order valence-corrected chi connectivity index (χ1v) is 6.10. The fourth-order valence-electron chi connectivity index (χ4n) is 1.98. The number of hydrogen-bond donors (Lipinski definition) is 0. The SMILES string of the molecule is N#CC1=CC2=c3ccccc3=COSC2C=C1. The summed E-state index contributed by atoms with van der Waals surface area (Å²) in [6.45, 7) is 0. The molecule has 2 aliphatic rings. The Hall–Kier alpha value is -1.92. The molecule has 17 heavy (non-hydrogen) atoms. The van der Waals surface area contributed by atoms with E-state index < -0.39 is 0 Å². The zero-order chi connectivity index (χ0) is 11.7. The molecule has 0 saturated heterocycles. The van der Waals surface area contributed by atoms with E-state index in [0.29, 0.717) is 5.57 Å². The number of benzene rings is 1. The zero-order valence-electron chi connectivity index (χ0n) is 8.96. The lowest BCUT2D eigenvalue weighted by atomic mass is 9.99. The van der Waals surface area contributed by atoms with E-state index in [2.05, 4.69) is 12.1 Å². The first-order chi connectivity index (χ1) is 8.38. The minimum absolute atomic E-state index is 0.159. The van der Waals surface area contributed by atoms with Crippen LogP contribution in [0.5, 0.6) is 0 Å². The van der Waals surface area contributed by atoms with E-state index in [-0.39, 0.29) is 5.25 Å². The van der Waals surface area contributed by atoms with Gasteiger partial charge in [-0.15, -0.1) is 0 Å². The first-order valence-electron chi connectivity index (χ1n) is 5.30. The molecule has 1 aromatic carbocycles. The highest BCUT2D eigenvalue weighted by Gasteiger charge is 2.18. The molecule has 1 heterocycles. The number of fused-ring (bicyclic) bond motifs is 2. The Morgan fingerprint density at radius 1 is 1.29 bits per heavy atom. The maximum Gasteiger partial charge on any atom is 0.109 e. The Morgan fingerprint density at radius 3 is 3.06 bits per heavy atom.